The molecule has 206 valence electrons. The molecule has 2 heterocycles. The van der Waals surface area contributed by atoms with Crippen LogP contribution < -0.4 is 35.7 Å². The van der Waals surface area contributed by atoms with Gasteiger partial charge in [-0.15, -0.1) is 0 Å². The van der Waals surface area contributed by atoms with E-state index in [9.17, 15) is 9.90 Å². The first-order chi connectivity index (χ1) is 18.4. The van der Waals surface area contributed by atoms with Crippen molar-refractivity contribution in [2.24, 2.45) is 0 Å². The van der Waals surface area contributed by atoms with Gasteiger partial charge in [-0.25, -0.2) is 9.78 Å². The van der Waals surface area contributed by atoms with Gasteiger partial charge in [-0.05, 0) is 32.9 Å². The Hall–Kier alpha value is -4.72. The van der Waals surface area contributed by atoms with Crippen molar-refractivity contribution in [3.8, 4) is 45.2 Å². The fraction of sp³-hybridized carbons (Fsp3) is 0.280. The Morgan fingerprint density at radius 1 is 1.03 bits per heavy atom. The van der Waals surface area contributed by atoms with Crippen LogP contribution in [0.5, 0.6) is 23.0 Å². The van der Waals surface area contributed by atoms with Gasteiger partial charge < -0.3 is 45.4 Å². The van der Waals surface area contributed by atoms with Gasteiger partial charge in [0, 0.05) is 23.4 Å². The van der Waals surface area contributed by atoms with Gasteiger partial charge in [0.15, 0.2) is 22.4 Å². The van der Waals surface area contributed by atoms with Crippen molar-refractivity contribution in [1.82, 2.24) is 15.1 Å². The van der Waals surface area contributed by atoms with Gasteiger partial charge in [-0.1, -0.05) is 16.5 Å². The SMILES string of the molecule is COc1cc(Nc2nc(N)c(-c3nc(-c4ccc(C(=O)O)c(OC(C)(C)C)c4N)no3)s2)cc(OC)c1OC. The van der Waals surface area contributed by atoms with E-state index in [4.69, 9.17) is 34.9 Å². The number of nitrogens with one attached hydrogen (secondary N) is 1. The van der Waals surface area contributed by atoms with E-state index in [1.165, 1.54) is 44.8 Å². The maximum Gasteiger partial charge on any atom is 0.339 e. The number of carboxylic acid groups (broad SMARTS) is 1. The Morgan fingerprint density at radius 3 is 2.26 bits per heavy atom. The summed E-state index contributed by atoms with van der Waals surface area (Å²) in [5, 5.41) is 17.2. The minimum Gasteiger partial charge on any atom is -0.493 e. The molecular weight excluding hydrogens is 528 g/mol. The highest BCUT2D eigenvalue weighted by molar-refractivity contribution is 7.19. The predicted octanol–water partition coefficient (Wildman–Crippen LogP) is 4.67. The minimum atomic E-state index is -1.18. The normalized spacial score (nSPS) is 11.2. The topological polar surface area (TPSA) is 190 Å². The van der Waals surface area contributed by atoms with E-state index in [-0.39, 0.29) is 34.5 Å². The summed E-state index contributed by atoms with van der Waals surface area (Å²) in [5.41, 5.74) is 12.7. The highest BCUT2D eigenvalue weighted by Crippen LogP contribution is 2.43. The zero-order chi connectivity index (χ0) is 28.5. The van der Waals surface area contributed by atoms with Crippen LogP contribution in [0, 0.1) is 0 Å². The maximum absolute atomic E-state index is 11.7. The largest absolute Gasteiger partial charge is 0.493 e. The molecule has 0 bridgehead atoms. The second kappa shape index (κ2) is 10.6. The van der Waals surface area contributed by atoms with Crippen LogP contribution in [0.1, 0.15) is 31.1 Å². The summed E-state index contributed by atoms with van der Waals surface area (Å²) in [7, 11) is 4.56. The van der Waals surface area contributed by atoms with Crippen molar-refractivity contribution in [2.75, 3.05) is 38.1 Å². The quantitative estimate of drug-likeness (QED) is 0.208. The summed E-state index contributed by atoms with van der Waals surface area (Å²) in [6.45, 7) is 5.36. The van der Waals surface area contributed by atoms with Gasteiger partial charge in [-0.2, -0.15) is 4.98 Å². The standard InChI is InChI=1S/C25H28N6O7S/c1-25(2,3)37-17-13(23(32)33)8-7-12(16(17)26)21-30-22(38-31-21)19-20(27)29-24(39-19)28-11-9-14(34-4)18(36-6)15(10-11)35-5/h7-10H,26-27H2,1-6H3,(H,28,29)(H,32,33). The number of nitrogens with two attached hydrogens (primary N) is 2. The van der Waals surface area contributed by atoms with Crippen molar-refractivity contribution in [3.05, 3.63) is 29.8 Å². The van der Waals surface area contributed by atoms with Crippen molar-refractivity contribution >= 4 is 39.6 Å². The molecule has 4 rings (SSSR count). The molecule has 0 atom stereocenters. The molecule has 6 N–H and O–H groups in total. The van der Waals surface area contributed by atoms with Gasteiger partial charge in [0.1, 0.15) is 21.9 Å². The molecule has 0 radical (unpaired) electrons. The number of rotatable bonds is 9. The molecule has 4 aromatic rings. The second-order valence-corrected chi connectivity index (χ2v) is 10.1. The smallest absolute Gasteiger partial charge is 0.339 e. The lowest BCUT2D eigenvalue weighted by Gasteiger charge is -2.24. The molecule has 0 amide bonds. The maximum atomic E-state index is 11.7. The van der Waals surface area contributed by atoms with Crippen LogP contribution in [0.3, 0.4) is 0 Å². The van der Waals surface area contributed by atoms with Crippen LogP contribution in [0.2, 0.25) is 0 Å². The lowest BCUT2D eigenvalue weighted by Crippen LogP contribution is -2.25. The van der Waals surface area contributed by atoms with Crippen molar-refractivity contribution in [2.45, 2.75) is 26.4 Å². The van der Waals surface area contributed by atoms with E-state index >= 15 is 0 Å². The third-order valence-corrected chi connectivity index (χ3v) is 6.24. The molecule has 0 unspecified atom stereocenters. The zero-order valence-corrected chi connectivity index (χ0v) is 22.9. The number of hydrogen-bond donors (Lipinski definition) is 4. The summed E-state index contributed by atoms with van der Waals surface area (Å²) in [6, 6.07) is 6.33. The fourth-order valence-electron chi connectivity index (χ4n) is 3.62. The summed E-state index contributed by atoms with van der Waals surface area (Å²) in [4.78, 5) is 20.9. The molecular formula is C25H28N6O7S. The van der Waals surface area contributed by atoms with E-state index in [0.717, 1.165) is 0 Å². The van der Waals surface area contributed by atoms with Crippen LogP contribution in [-0.2, 0) is 0 Å². The number of nitrogen functional groups attached to an aromatic ring is 2. The highest BCUT2D eigenvalue weighted by Gasteiger charge is 2.26. The third-order valence-electron chi connectivity index (χ3n) is 5.27. The van der Waals surface area contributed by atoms with Gasteiger partial charge in [0.2, 0.25) is 11.6 Å². The van der Waals surface area contributed by atoms with E-state index in [2.05, 4.69) is 20.4 Å². The second-order valence-electron chi connectivity index (χ2n) is 9.12. The molecule has 13 nitrogen and oxygen atoms in total. The number of carboxylic acids is 1. The minimum absolute atomic E-state index is 0.0213. The van der Waals surface area contributed by atoms with Crippen molar-refractivity contribution in [1.29, 1.82) is 0 Å². The molecule has 0 aliphatic rings. The number of methoxy groups -OCH3 is 3. The average Bonchev–Trinajstić information content (AvgIpc) is 3.49. The molecule has 2 aromatic heterocycles. The Bertz CT molecular complexity index is 1500. The number of thiazole rings is 1. The van der Waals surface area contributed by atoms with E-state index in [0.29, 0.717) is 38.5 Å². The number of hydrogen-bond acceptors (Lipinski definition) is 13. The lowest BCUT2D eigenvalue weighted by molar-refractivity contribution is 0.0681. The average molecular weight is 557 g/mol. The van der Waals surface area contributed by atoms with E-state index < -0.39 is 11.6 Å². The molecule has 0 aliphatic heterocycles. The molecule has 0 saturated carbocycles. The first kappa shape index (κ1) is 27.3. The lowest BCUT2D eigenvalue weighted by atomic mass is 10.1. The molecule has 2 aromatic carbocycles. The van der Waals surface area contributed by atoms with Crippen LogP contribution in [0.15, 0.2) is 28.8 Å². The number of carbonyl (C=O) groups is 1. The Balaban J connectivity index is 1.66. The van der Waals surface area contributed by atoms with E-state index in [1.54, 1.807) is 32.9 Å². The molecule has 0 aliphatic carbocycles. The van der Waals surface area contributed by atoms with Gasteiger partial charge in [0.05, 0.1) is 27.0 Å². The van der Waals surface area contributed by atoms with Crippen LogP contribution >= 0.6 is 11.3 Å². The van der Waals surface area contributed by atoms with Crippen molar-refractivity contribution in [3.63, 3.8) is 0 Å². The van der Waals surface area contributed by atoms with Gasteiger partial charge in [-0.3, -0.25) is 0 Å². The molecule has 39 heavy (non-hydrogen) atoms. The predicted molar refractivity (Wildman–Crippen MR) is 146 cm³/mol. The molecule has 14 heteroatoms. The first-order valence-corrected chi connectivity index (χ1v) is 12.3. The van der Waals surface area contributed by atoms with Crippen LogP contribution in [0.25, 0.3) is 22.2 Å². The molecule has 0 fully saturated rings. The molecule has 0 saturated heterocycles. The summed E-state index contributed by atoms with van der Waals surface area (Å²) >= 11 is 1.18. The number of aromatic nitrogens is 3. The van der Waals surface area contributed by atoms with E-state index in [1.807, 2.05) is 0 Å². The summed E-state index contributed by atoms with van der Waals surface area (Å²) in [5.74, 6) is 0.631. The number of anilines is 4. The zero-order valence-electron chi connectivity index (χ0n) is 22.1. The first-order valence-electron chi connectivity index (χ1n) is 11.5. The summed E-state index contributed by atoms with van der Waals surface area (Å²) < 4.78 is 27.5. The van der Waals surface area contributed by atoms with Crippen LogP contribution in [-0.4, -0.2) is 53.1 Å². The van der Waals surface area contributed by atoms with Gasteiger partial charge >= 0.3 is 5.97 Å². The Labute approximate surface area is 227 Å². The number of ether oxygens (including phenoxy) is 4. The number of aromatic carboxylic acids is 1. The monoisotopic (exact) mass is 556 g/mol. The molecule has 0 spiro atoms. The van der Waals surface area contributed by atoms with Gasteiger partial charge in [0.25, 0.3) is 5.89 Å². The van der Waals surface area contributed by atoms with Crippen molar-refractivity contribution < 1.29 is 33.4 Å². The Morgan fingerprint density at radius 2 is 1.69 bits per heavy atom. The highest BCUT2D eigenvalue weighted by atomic mass is 32.1. The number of nitrogens with zero attached hydrogens (tertiary/aromatic N) is 3. The fourth-order valence-corrected chi connectivity index (χ4v) is 4.45. The Kier molecular flexibility index (Phi) is 7.40. The van der Waals surface area contributed by atoms with Crippen LogP contribution in [0.4, 0.5) is 22.3 Å². The third kappa shape index (κ3) is 5.60. The number of benzene rings is 2. The summed E-state index contributed by atoms with van der Waals surface area (Å²) in [6.07, 6.45) is 0.